The minimum atomic E-state index is -1.95. The second-order valence-electron chi connectivity index (χ2n) is 5.34. The van der Waals surface area contributed by atoms with Crippen molar-refractivity contribution in [1.82, 2.24) is 0 Å². The molecule has 0 aromatic heterocycles. The standard InChI is InChI=1S/C14H26Cl2Si/c1-2-3-4-5-6-10-13-17(15,16)14-11-8-7-9-12-14/h2,14H,1,3-13H2. The van der Waals surface area contributed by atoms with Crippen molar-refractivity contribution in [2.24, 2.45) is 0 Å². The highest BCUT2D eigenvalue weighted by Crippen LogP contribution is 2.44. The van der Waals surface area contributed by atoms with Crippen molar-refractivity contribution < 1.29 is 0 Å². The molecule has 1 rings (SSSR count). The molecule has 0 heterocycles. The molecular formula is C14H26Cl2Si. The van der Waals surface area contributed by atoms with Gasteiger partial charge in [0.15, 0.2) is 0 Å². The van der Waals surface area contributed by atoms with Gasteiger partial charge < -0.3 is 0 Å². The van der Waals surface area contributed by atoms with Gasteiger partial charge in [-0.2, -0.15) is 0 Å². The Morgan fingerprint density at radius 2 is 1.65 bits per heavy atom. The van der Waals surface area contributed by atoms with E-state index in [1.54, 1.807) is 0 Å². The first-order valence-corrected chi connectivity index (χ1v) is 11.5. The zero-order chi connectivity index (χ0) is 12.6. The van der Waals surface area contributed by atoms with E-state index in [1.807, 2.05) is 6.08 Å². The van der Waals surface area contributed by atoms with E-state index in [9.17, 15) is 0 Å². The first-order chi connectivity index (χ1) is 8.17. The zero-order valence-corrected chi connectivity index (χ0v) is 13.4. The van der Waals surface area contributed by atoms with Crippen LogP contribution >= 0.6 is 22.2 Å². The summed E-state index contributed by atoms with van der Waals surface area (Å²) in [6.45, 7) is 1.80. The summed E-state index contributed by atoms with van der Waals surface area (Å²) in [5.74, 6) is 0. The van der Waals surface area contributed by atoms with Gasteiger partial charge in [-0.3, -0.25) is 0 Å². The summed E-state index contributed by atoms with van der Waals surface area (Å²) in [6, 6.07) is 1.11. The molecule has 17 heavy (non-hydrogen) atoms. The number of hydrogen-bond donors (Lipinski definition) is 0. The molecule has 0 nitrogen and oxygen atoms in total. The fourth-order valence-corrected chi connectivity index (χ4v) is 7.23. The van der Waals surface area contributed by atoms with Gasteiger partial charge >= 0.3 is 0 Å². The minimum absolute atomic E-state index is 0.674. The Kier molecular flexibility index (Phi) is 7.89. The van der Waals surface area contributed by atoms with Gasteiger partial charge in [0.1, 0.15) is 0 Å². The van der Waals surface area contributed by atoms with E-state index in [0.717, 1.165) is 12.5 Å². The van der Waals surface area contributed by atoms with Gasteiger partial charge in [-0.15, -0.1) is 28.7 Å². The summed E-state index contributed by atoms with van der Waals surface area (Å²) in [5, 5.41) is 0. The maximum absolute atomic E-state index is 6.64. The summed E-state index contributed by atoms with van der Waals surface area (Å²) in [6.07, 6.45) is 14.9. The van der Waals surface area contributed by atoms with Crippen LogP contribution in [0, 0.1) is 0 Å². The van der Waals surface area contributed by atoms with Crippen molar-refractivity contribution >= 4 is 28.9 Å². The Balaban J connectivity index is 2.12. The van der Waals surface area contributed by atoms with Crippen molar-refractivity contribution in [3.8, 4) is 0 Å². The average molecular weight is 293 g/mol. The molecule has 0 aromatic rings. The largest absolute Gasteiger partial charge is 0.254 e. The Morgan fingerprint density at radius 3 is 2.29 bits per heavy atom. The summed E-state index contributed by atoms with van der Waals surface area (Å²) in [4.78, 5) is 0. The van der Waals surface area contributed by atoms with Crippen LogP contribution in [0.5, 0.6) is 0 Å². The normalized spacial score (nSPS) is 18.2. The maximum Gasteiger partial charge on any atom is 0.254 e. The molecule has 0 aliphatic heterocycles. The van der Waals surface area contributed by atoms with E-state index in [2.05, 4.69) is 6.58 Å². The van der Waals surface area contributed by atoms with Crippen molar-refractivity contribution in [3.63, 3.8) is 0 Å². The van der Waals surface area contributed by atoms with Gasteiger partial charge in [0, 0.05) is 0 Å². The number of halogens is 2. The maximum atomic E-state index is 6.64. The van der Waals surface area contributed by atoms with E-state index >= 15 is 0 Å². The fraction of sp³-hybridized carbons (Fsp3) is 0.857. The van der Waals surface area contributed by atoms with Crippen LogP contribution in [0.25, 0.3) is 0 Å². The molecule has 0 atom stereocenters. The molecule has 0 radical (unpaired) electrons. The lowest BCUT2D eigenvalue weighted by atomic mass is 10.0. The Morgan fingerprint density at radius 1 is 1.00 bits per heavy atom. The molecule has 0 amide bonds. The lowest BCUT2D eigenvalue weighted by Crippen LogP contribution is -2.28. The predicted molar refractivity (Wildman–Crippen MR) is 82.4 cm³/mol. The number of rotatable bonds is 8. The smallest absolute Gasteiger partial charge is 0.146 e. The topological polar surface area (TPSA) is 0 Å². The number of hydrogen-bond acceptors (Lipinski definition) is 0. The molecule has 0 spiro atoms. The van der Waals surface area contributed by atoms with Crippen molar-refractivity contribution in [3.05, 3.63) is 12.7 Å². The molecule has 1 aliphatic carbocycles. The SMILES string of the molecule is C=CCCCCCC[Si](Cl)(Cl)C1CCCCC1. The quantitative estimate of drug-likeness (QED) is 0.211. The molecule has 0 bridgehead atoms. The fourth-order valence-electron chi connectivity index (χ4n) is 2.73. The lowest BCUT2D eigenvalue weighted by Gasteiger charge is -2.30. The predicted octanol–water partition coefficient (Wildman–Crippen LogP) is 6.38. The third-order valence-electron chi connectivity index (χ3n) is 3.87. The molecule has 1 aliphatic rings. The average Bonchev–Trinajstić information content (AvgIpc) is 2.35. The highest BCUT2D eigenvalue weighted by molar-refractivity contribution is 7.46. The highest BCUT2D eigenvalue weighted by atomic mass is 35.7. The van der Waals surface area contributed by atoms with Gasteiger partial charge in [-0.25, -0.2) is 0 Å². The summed E-state index contributed by atoms with van der Waals surface area (Å²) in [5.41, 5.74) is 0.674. The third kappa shape index (κ3) is 6.31. The van der Waals surface area contributed by atoms with Crippen LogP contribution in [0.2, 0.25) is 11.6 Å². The minimum Gasteiger partial charge on any atom is -0.146 e. The summed E-state index contributed by atoms with van der Waals surface area (Å²) in [7, 11) is 0. The molecule has 1 saturated carbocycles. The van der Waals surface area contributed by atoms with E-state index in [0.29, 0.717) is 5.54 Å². The monoisotopic (exact) mass is 292 g/mol. The summed E-state index contributed by atoms with van der Waals surface area (Å²) >= 11 is 13.3. The Labute approximate surface area is 117 Å². The van der Waals surface area contributed by atoms with Gasteiger partial charge in [-0.05, 0) is 24.4 Å². The van der Waals surface area contributed by atoms with Crippen molar-refractivity contribution in [2.45, 2.75) is 75.8 Å². The molecule has 0 saturated heterocycles. The van der Waals surface area contributed by atoms with Crippen LogP contribution in [-0.2, 0) is 0 Å². The second kappa shape index (κ2) is 8.61. The molecular weight excluding hydrogens is 267 g/mol. The lowest BCUT2D eigenvalue weighted by molar-refractivity contribution is 0.495. The molecule has 0 N–H and O–H groups in total. The third-order valence-corrected chi connectivity index (χ3v) is 9.65. The van der Waals surface area contributed by atoms with Crippen LogP contribution in [0.1, 0.15) is 64.2 Å². The Hall–Kier alpha value is 0.537. The molecule has 1 fully saturated rings. The highest BCUT2D eigenvalue weighted by Gasteiger charge is 2.38. The van der Waals surface area contributed by atoms with E-state index in [1.165, 1.54) is 57.8 Å². The van der Waals surface area contributed by atoms with Crippen LogP contribution in [0.4, 0.5) is 0 Å². The molecule has 0 unspecified atom stereocenters. The summed E-state index contributed by atoms with van der Waals surface area (Å²) < 4.78 is 0. The second-order valence-corrected chi connectivity index (χ2v) is 12.8. The van der Waals surface area contributed by atoms with Crippen molar-refractivity contribution in [2.75, 3.05) is 0 Å². The van der Waals surface area contributed by atoms with Crippen LogP contribution < -0.4 is 0 Å². The first-order valence-electron chi connectivity index (χ1n) is 7.15. The van der Waals surface area contributed by atoms with Gasteiger partial charge in [0.05, 0.1) is 0 Å². The van der Waals surface area contributed by atoms with Gasteiger partial charge in [0.2, 0.25) is 0 Å². The first kappa shape index (κ1) is 15.6. The van der Waals surface area contributed by atoms with E-state index in [-0.39, 0.29) is 0 Å². The molecule has 100 valence electrons. The molecule has 0 aromatic carbocycles. The number of unbranched alkanes of at least 4 members (excludes halogenated alkanes) is 4. The van der Waals surface area contributed by atoms with Gasteiger partial charge in [-0.1, -0.05) is 57.4 Å². The molecule has 3 heteroatoms. The van der Waals surface area contributed by atoms with Crippen molar-refractivity contribution in [1.29, 1.82) is 0 Å². The van der Waals surface area contributed by atoms with Crippen LogP contribution in [0.3, 0.4) is 0 Å². The van der Waals surface area contributed by atoms with Gasteiger partial charge in [0.25, 0.3) is 6.69 Å². The van der Waals surface area contributed by atoms with E-state index < -0.39 is 6.69 Å². The zero-order valence-electron chi connectivity index (χ0n) is 10.9. The Bertz CT molecular complexity index is 210. The van der Waals surface area contributed by atoms with Crippen LogP contribution in [-0.4, -0.2) is 6.69 Å². The number of allylic oxidation sites excluding steroid dienone is 1. The van der Waals surface area contributed by atoms with E-state index in [4.69, 9.17) is 22.2 Å². The van der Waals surface area contributed by atoms with Crippen LogP contribution in [0.15, 0.2) is 12.7 Å².